The van der Waals surface area contributed by atoms with Crippen LogP contribution in [0.3, 0.4) is 0 Å². The lowest BCUT2D eigenvalue weighted by Gasteiger charge is -2.28. The van der Waals surface area contributed by atoms with Crippen LogP contribution in [0.2, 0.25) is 0 Å². The first-order valence-electron chi connectivity index (χ1n) is 4.45. The van der Waals surface area contributed by atoms with Gasteiger partial charge in [-0.25, -0.2) is 0 Å². The van der Waals surface area contributed by atoms with E-state index in [4.69, 9.17) is 10.5 Å². The van der Waals surface area contributed by atoms with Crippen LogP contribution in [0.4, 0.5) is 0 Å². The summed E-state index contributed by atoms with van der Waals surface area (Å²) in [6.07, 6.45) is 3.73. The number of hydrogen-bond acceptors (Lipinski definition) is 3. The second-order valence-electron chi connectivity index (χ2n) is 2.88. The molecule has 0 aromatic heterocycles. The van der Waals surface area contributed by atoms with E-state index in [2.05, 4.69) is 18.1 Å². The highest BCUT2D eigenvalue weighted by atomic mass is 16.5. The molecular weight excluding hydrogens is 164 g/mol. The normalized spacial score (nSPS) is 12.8. The summed E-state index contributed by atoms with van der Waals surface area (Å²) < 4.78 is 5.08. The van der Waals surface area contributed by atoms with Crippen LogP contribution in [-0.4, -0.2) is 44.3 Å². The molecule has 0 heterocycles. The van der Waals surface area contributed by atoms with Crippen molar-refractivity contribution in [3.05, 3.63) is 25.3 Å². The fourth-order valence-electron chi connectivity index (χ4n) is 1.22. The molecule has 1 atom stereocenters. The van der Waals surface area contributed by atoms with Gasteiger partial charge in [0.2, 0.25) is 0 Å². The molecule has 0 aromatic rings. The van der Waals surface area contributed by atoms with Crippen LogP contribution in [0.25, 0.3) is 0 Å². The molecule has 0 rings (SSSR count). The van der Waals surface area contributed by atoms with E-state index >= 15 is 0 Å². The quantitative estimate of drug-likeness (QED) is 0.562. The van der Waals surface area contributed by atoms with Gasteiger partial charge >= 0.3 is 0 Å². The van der Waals surface area contributed by atoms with Gasteiger partial charge in [0.05, 0.1) is 6.61 Å². The van der Waals surface area contributed by atoms with E-state index in [1.807, 2.05) is 12.2 Å². The Morgan fingerprint density at radius 1 is 1.38 bits per heavy atom. The van der Waals surface area contributed by atoms with Crippen molar-refractivity contribution in [3.8, 4) is 0 Å². The van der Waals surface area contributed by atoms with E-state index in [1.54, 1.807) is 7.11 Å². The molecule has 0 saturated carbocycles. The van der Waals surface area contributed by atoms with Crippen molar-refractivity contribution >= 4 is 0 Å². The molecule has 0 aliphatic heterocycles. The molecule has 2 N–H and O–H groups in total. The zero-order chi connectivity index (χ0) is 10.1. The van der Waals surface area contributed by atoms with E-state index in [0.29, 0.717) is 13.2 Å². The molecule has 0 aromatic carbocycles. The van der Waals surface area contributed by atoms with Crippen molar-refractivity contribution in [2.75, 3.05) is 33.4 Å². The second kappa shape index (κ2) is 7.98. The molecule has 0 saturated heterocycles. The second-order valence-corrected chi connectivity index (χ2v) is 2.88. The van der Waals surface area contributed by atoms with Gasteiger partial charge in [-0.1, -0.05) is 12.2 Å². The molecule has 3 nitrogen and oxygen atoms in total. The molecule has 3 heteroatoms. The number of nitrogens with two attached hydrogens (primary N) is 1. The van der Waals surface area contributed by atoms with Gasteiger partial charge in [0.15, 0.2) is 0 Å². The third-order valence-electron chi connectivity index (χ3n) is 1.87. The molecule has 0 aliphatic carbocycles. The Labute approximate surface area is 80.9 Å². The SMILES string of the molecule is C=CCN(CC=C)C(CN)COC. The molecular formula is C10H20N2O. The largest absolute Gasteiger partial charge is 0.383 e. The van der Waals surface area contributed by atoms with Crippen LogP contribution in [0, 0.1) is 0 Å². The molecule has 0 amide bonds. The van der Waals surface area contributed by atoms with Crippen LogP contribution in [0.15, 0.2) is 25.3 Å². The van der Waals surface area contributed by atoms with Crippen LogP contribution >= 0.6 is 0 Å². The standard InChI is InChI=1S/C10H20N2O/c1-4-6-12(7-5-2)10(8-11)9-13-3/h4-5,10H,1-2,6-9,11H2,3H3. The van der Waals surface area contributed by atoms with Crippen LogP contribution in [0.1, 0.15) is 0 Å². The predicted octanol–water partition coefficient (Wildman–Crippen LogP) is 0.634. The minimum atomic E-state index is 0.251. The Hall–Kier alpha value is -0.640. The lowest BCUT2D eigenvalue weighted by atomic mass is 10.2. The Bertz CT molecular complexity index is 138. The summed E-state index contributed by atoms with van der Waals surface area (Å²) in [5.41, 5.74) is 5.63. The summed E-state index contributed by atoms with van der Waals surface area (Å²) in [5.74, 6) is 0. The monoisotopic (exact) mass is 184 g/mol. The van der Waals surface area contributed by atoms with E-state index in [0.717, 1.165) is 13.1 Å². The fourth-order valence-corrected chi connectivity index (χ4v) is 1.22. The Morgan fingerprint density at radius 2 is 1.92 bits per heavy atom. The van der Waals surface area contributed by atoms with E-state index < -0.39 is 0 Å². The minimum absolute atomic E-state index is 0.251. The van der Waals surface area contributed by atoms with Crippen molar-refractivity contribution in [1.29, 1.82) is 0 Å². The summed E-state index contributed by atoms with van der Waals surface area (Å²) in [4.78, 5) is 2.18. The summed E-state index contributed by atoms with van der Waals surface area (Å²) >= 11 is 0. The van der Waals surface area contributed by atoms with Gasteiger partial charge in [-0.05, 0) is 0 Å². The lowest BCUT2D eigenvalue weighted by molar-refractivity contribution is 0.108. The number of nitrogens with zero attached hydrogens (tertiary/aromatic N) is 1. The first-order valence-corrected chi connectivity index (χ1v) is 4.45. The van der Waals surface area contributed by atoms with E-state index in [1.165, 1.54) is 0 Å². The minimum Gasteiger partial charge on any atom is -0.383 e. The van der Waals surface area contributed by atoms with Crippen molar-refractivity contribution in [3.63, 3.8) is 0 Å². The maximum Gasteiger partial charge on any atom is 0.0630 e. The summed E-state index contributed by atoms with van der Waals surface area (Å²) in [6, 6.07) is 0.251. The van der Waals surface area contributed by atoms with Crippen LogP contribution in [0.5, 0.6) is 0 Å². The Kier molecular flexibility index (Phi) is 7.59. The molecule has 0 fully saturated rings. The average Bonchev–Trinajstić information content (AvgIpc) is 2.14. The van der Waals surface area contributed by atoms with Gasteiger partial charge in [0, 0.05) is 32.8 Å². The zero-order valence-electron chi connectivity index (χ0n) is 8.41. The predicted molar refractivity (Wildman–Crippen MR) is 56.7 cm³/mol. The van der Waals surface area contributed by atoms with E-state index in [-0.39, 0.29) is 6.04 Å². The summed E-state index contributed by atoms with van der Waals surface area (Å²) in [5, 5.41) is 0. The van der Waals surface area contributed by atoms with Crippen LogP contribution < -0.4 is 5.73 Å². The molecule has 0 radical (unpaired) electrons. The van der Waals surface area contributed by atoms with Crippen molar-refractivity contribution in [1.82, 2.24) is 4.90 Å². The number of methoxy groups -OCH3 is 1. The number of hydrogen-bond donors (Lipinski definition) is 1. The highest BCUT2D eigenvalue weighted by Gasteiger charge is 2.13. The summed E-state index contributed by atoms with van der Waals surface area (Å²) in [7, 11) is 1.68. The van der Waals surface area contributed by atoms with Gasteiger partial charge in [0.1, 0.15) is 0 Å². The van der Waals surface area contributed by atoms with Gasteiger partial charge in [-0.3, -0.25) is 4.90 Å². The van der Waals surface area contributed by atoms with Gasteiger partial charge in [-0.2, -0.15) is 0 Å². The van der Waals surface area contributed by atoms with Gasteiger partial charge in [-0.15, -0.1) is 13.2 Å². The van der Waals surface area contributed by atoms with Crippen molar-refractivity contribution < 1.29 is 4.74 Å². The molecule has 13 heavy (non-hydrogen) atoms. The first kappa shape index (κ1) is 12.4. The third kappa shape index (κ3) is 4.83. The molecule has 1 unspecified atom stereocenters. The highest BCUT2D eigenvalue weighted by molar-refractivity contribution is 4.84. The van der Waals surface area contributed by atoms with Gasteiger partial charge < -0.3 is 10.5 Å². The van der Waals surface area contributed by atoms with Crippen molar-refractivity contribution in [2.45, 2.75) is 6.04 Å². The fraction of sp³-hybridized carbons (Fsp3) is 0.600. The first-order chi connectivity index (χ1) is 6.29. The molecule has 0 bridgehead atoms. The maximum atomic E-state index is 5.63. The number of ether oxygens (including phenoxy) is 1. The Balaban J connectivity index is 4.09. The molecule has 0 spiro atoms. The highest BCUT2D eigenvalue weighted by Crippen LogP contribution is 1.99. The third-order valence-corrected chi connectivity index (χ3v) is 1.87. The Morgan fingerprint density at radius 3 is 2.23 bits per heavy atom. The lowest BCUT2D eigenvalue weighted by Crippen LogP contribution is -2.43. The van der Waals surface area contributed by atoms with Gasteiger partial charge in [0.25, 0.3) is 0 Å². The van der Waals surface area contributed by atoms with Crippen molar-refractivity contribution in [2.24, 2.45) is 5.73 Å². The average molecular weight is 184 g/mol. The van der Waals surface area contributed by atoms with E-state index in [9.17, 15) is 0 Å². The number of rotatable bonds is 8. The van der Waals surface area contributed by atoms with Crippen LogP contribution in [-0.2, 0) is 4.74 Å². The summed E-state index contributed by atoms with van der Waals surface area (Å²) in [6.45, 7) is 10.3. The maximum absolute atomic E-state index is 5.63. The zero-order valence-corrected chi connectivity index (χ0v) is 8.41. The smallest absolute Gasteiger partial charge is 0.0630 e. The molecule has 0 aliphatic rings. The topological polar surface area (TPSA) is 38.5 Å². The molecule has 76 valence electrons.